The van der Waals surface area contributed by atoms with Crippen LogP contribution >= 0.6 is 0 Å². The van der Waals surface area contributed by atoms with Gasteiger partial charge in [0.15, 0.2) is 0 Å². The van der Waals surface area contributed by atoms with Gasteiger partial charge in [-0.25, -0.2) is 0 Å². The van der Waals surface area contributed by atoms with Crippen molar-refractivity contribution in [1.29, 1.82) is 0 Å². The van der Waals surface area contributed by atoms with E-state index >= 15 is 0 Å². The van der Waals surface area contributed by atoms with Crippen molar-refractivity contribution in [2.24, 2.45) is 0 Å². The number of hydroxylamine groups is 6. The van der Waals surface area contributed by atoms with Gasteiger partial charge in [0.2, 0.25) is 23.6 Å². The molecule has 3 heterocycles. The fourth-order valence-electron chi connectivity index (χ4n) is 7.75. The van der Waals surface area contributed by atoms with Gasteiger partial charge in [-0.3, -0.25) is 24.5 Å². The summed E-state index contributed by atoms with van der Waals surface area (Å²) in [6.45, 7) is 32.0. The van der Waals surface area contributed by atoms with Gasteiger partial charge in [0, 0.05) is 42.7 Å². The Hall–Kier alpha value is -2.16. The average Bonchev–Trinajstić information content (AvgIpc) is 3.12. The maximum absolute atomic E-state index is 12.8. The highest BCUT2D eigenvalue weighted by Crippen LogP contribution is 2.37. The van der Waals surface area contributed by atoms with Crippen molar-refractivity contribution in [2.45, 2.75) is 207 Å². The Bertz CT molecular complexity index is 1220. The summed E-state index contributed by atoms with van der Waals surface area (Å²) < 4.78 is 0. The second kappa shape index (κ2) is 17.3. The van der Waals surface area contributed by atoms with E-state index in [1.165, 1.54) is 10.1 Å². The zero-order valence-electron chi connectivity index (χ0n) is 34.9. The molecule has 0 saturated carbocycles. The molecule has 3 aliphatic heterocycles. The number of rotatable bonds is 7. The van der Waals surface area contributed by atoms with Gasteiger partial charge < -0.3 is 25.4 Å². The van der Waals surface area contributed by atoms with Crippen LogP contribution in [0, 0.1) is 0 Å². The minimum absolute atomic E-state index is 0.0246. The second-order valence-electron chi connectivity index (χ2n) is 18.0. The first-order valence-electron chi connectivity index (χ1n) is 19.0. The Morgan fingerprint density at radius 3 is 1.41 bits per heavy atom. The van der Waals surface area contributed by atoms with Crippen LogP contribution in [0.2, 0.25) is 0 Å². The molecule has 0 aromatic rings. The number of nitrogens with zero attached hydrogens (tertiary/aromatic N) is 5. The third-order valence-corrected chi connectivity index (χ3v) is 11.0. The monoisotopic (exact) mass is 727 g/mol. The molecule has 3 unspecified atom stereocenters. The van der Waals surface area contributed by atoms with Crippen LogP contribution in [0.1, 0.15) is 162 Å². The minimum atomic E-state index is -1.09. The van der Waals surface area contributed by atoms with Crippen LogP contribution in [-0.2, 0) is 19.2 Å². The number of imide groups is 1. The van der Waals surface area contributed by atoms with Crippen molar-refractivity contribution >= 4 is 23.6 Å². The molecule has 3 aliphatic rings. The van der Waals surface area contributed by atoms with Gasteiger partial charge in [0.05, 0.1) is 5.54 Å². The summed E-state index contributed by atoms with van der Waals surface area (Å²) in [5, 5.41) is 36.5. The molecule has 51 heavy (non-hydrogen) atoms. The molecular weight excluding hydrogens is 652 g/mol. The number of nitrogens with one attached hydrogen (secondary N) is 1. The van der Waals surface area contributed by atoms with Crippen molar-refractivity contribution in [1.82, 2.24) is 30.3 Å². The quantitative estimate of drug-likeness (QED) is 0.230. The highest BCUT2D eigenvalue weighted by molar-refractivity contribution is 6.00. The Kier molecular flexibility index (Phi) is 15.9. The molecule has 3 atom stereocenters. The maximum atomic E-state index is 12.8. The molecule has 3 fully saturated rings. The molecule has 0 aromatic heterocycles. The van der Waals surface area contributed by atoms with Crippen molar-refractivity contribution < 1.29 is 34.8 Å². The standard InChI is InChI=1S/C15H30N2O2.C14H28N2O2.C9H16N2O3/c1-7-9-10-16-12(3)11-14(4,5)17(19)15(6,8-2)13(16)18;1-7-8-9-15-11(2)10-13(3,4)16(18)14(5,6)12(15)17;1-8(2)5-6(12)10-7(13)9(3,4)11(8)14/h12,19H,7-11H2,1-6H3;11,18H,7-10H2,1-6H3;14H,5H2,1-4H3,(H,10,12,13). The van der Waals surface area contributed by atoms with Gasteiger partial charge in [-0.1, -0.05) is 33.6 Å². The number of amides is 4. The number of carbonyl (C=O) groups is 4. The predicted octanol–water partition coefficient (Wildman–Crippen LogP) is 5.98. The lowest BCUT2D eigenvalue weighted by molar-refractivity contribution is -0.225. The first-order valence-corrected chi connectivity index (χ1v) is 19.0. The van der Waals surface area contributed by atoms with Crippen LogP contribution in [0.15, 0.2) is 0 Å². The average molecular weight is 727 g/mol. The summed E-state index contributed by atoms with van der Waals surface area (Å²) in [6, 6.07) is 0.326. The topological polar surface area (TPSA) is 157 Å². The minimum Gasteiger partial charge on any atom is -0.338 e. The van der Waals surface area contributed by atoms with E-state index < -0.39 is 28.1 Å². The van der Waals surface area contributed by atoms with Crippen LogP contribution in [0.5, 0.6) is 0 Å². The number of hydrogen-bond acceptors (Lipinski definition) is 10. The van der Waals surface area contributed by atoms with Gasteiger partial charge in [-0.15, -0.1) is 0 Å². The molecule has 3 rings (SSSR count). The first kappa shape index (κ1) is 46.9. The third-order valence-electron chi connectivity index (χ3n) is 11.0. The molecule has 3 saturated heterocycles. The van der Waals surface area contributed by atoms with Gasteiger partial charge in [0.1, 0.15) is 16.6 Å². The van der Waals surface area contributed by atoms with Crippen LogP contribution in [0.25, 0.3) is 0 Å². The Morgan fingerprint density at radius 2 is 1.00 bits per heavy atom. The summed E-state index contributed by atoms with van der Waals surface area (Å²) >= 11 is 0. The predicted molar refractivity (Wildman–Crippen MR) is 199 cm³/mol. The van der Waals surface area contributed by atoms with Gasteiger partial charge >= 0.3 is 0 Å². The molecule has 0 radical (unpaired) electrons. The van der Waals surface area contributed by atoms with E-state index in [2.05, 4.69) is 33.0 Å². The van der Waals surface area contributed by atoms with E-state index in [1.54, 1.807) is 41.5 Å². The molecule has 4 N–H and O–H groups in total. The Labute approximate surface area is 308 Å². The van der Waals surface area contributed by atoms with E-state index in [0.29, 0.717) is 6.42 Å². The van der Waals surface area contributed by atoms with Crippen molar-refractivity contribution in [3.05, 3.63) is 0 Å². The summed E-state index contributed by atoms with van der Waals surface area (Å²) in [5.41, 5.74) is -4.28. The van der Waals surface area contributed by atoms with Gasteiger partial charge in [0.25, 0.3) is 0 Å². The van der Waals surface area contributed by atoms with Crippen molar-refractivity contribution in [3.63, 3.8) is 0 Å². The number of carbonyl (C=O) groups excluding carboxylic acids is 4. The van der Waals surface area contributed by atoms with Crippen molar-refractivity contribution in [3.8, 4) is 0 Å². The van der Waals surface area contributed by atoms with Gasteiger partial charge in [-0.05, 0) is 122 Å². The summed E-state index contributed by atoms with van der Waals surface area (Å²) in [4.78, 5) is 52.1. The molecule has 13 heteroatoms. The molecule has 13 nitrogen and oxygen atoms in total. The molecule has 0 aromatic carbocycles. The molecule has 4 amide bonds. The fraction of sp³-hybridized carbons (Fsp3) is 0.895. The van der Waals surface area contributed by atoms with E-state index in [-0.39, 0.29) is 47.3 Å². The largest absolute Gasteiger partial charge is 0.338 e. The molecule has 0 bridgehead atoms. The van der Waals surface area contributed by atoms with Crippen LogP contribution in [0.3, 0.4) is 0 Å². The zero-order chi connectivity index (χ0) is 40.1. The first-order chi connectivity index (χ1) is 23.0. The normalized spacial score (nSPS) is 29.5. The number of hydrogen-bond donors (Lipinski definition) is 4. The lowest BCUT2D eigenvalue weighted by atomic mass is 9.90. The van der Waals surface area contributed by atoms with E-state index in [1.807, 2.05) is 51.3 Å². The Morgan fingerprint density at radius 1 is 0.608 bits per heavy atom. The summed E-state index contributed by atoms with van der Waals surface area (Å²) in [5.74, 6) is -0.749. The van der Waals surface area contributed by atoms with Crippen LogP contribution < -0.4 is 5.32 Å². The SMILES string of the molecule is CC1(C)CC(=O)NC(=O)C(C)(C)N1O.CCCCN1C(=O)C(C)(C)N(O)C(C)(C)CC1C.CCCCN1C(=O)C(C)(CC)N(O)C(C)(C)CC1C. The van der Waals surface area contributed by atoms with Crippen LogP contribution in [0.4, 0.5) is 0 Å². The molecule has 0 spiro atoms. The van der Waals surface area contributed by atoms with E-state index in [4.69, 9.17) is 0 Å². The highest BCUT2D eigenvalue weighted by atomic mass is 16.5. The van der Waals surface area contributed by atoms with Gasteiger partial charge in [-0.2, -0.15) is 15.2 Å². The fourth-order valence-corrected chi connectivity index (χ4v) is 7.75. The van der Waals surface area contributed by atoms with E-state index in [9.17, 15) is 34.8 Å². The zero-order valence-corrected chi connectivity index (χ0v) is 34.9. The number of unbranched alkanes of at least 4 members (excludes halogenated alkanes) is 2. The molecule has 0 aliphatic carbocycles. The summed E-state index contributed by atoms with van der Waals surface area (Å²) in [6.07, 6.45) is 6.45. The maximum Gasteiger partial charge on any atom is 0.248 e. The lowest BCUT2D eigenvalue weighted by Crippen LogP contribution is -2.59. The van der Waals surface area contributed by atoms with Crippen molar-refractivity contribution in [2.75, 3.05) is 13.1 Å². The molecule has 298 valence electrons. The highest BCUT2D eigenvalue weighted by Gasteiger charge is 2.52. The molecular formula is C38H74N6O7. The Balaban J connectivity index is 0.000000387. The third kappa shape index (κ3) is 10.5. The van der Waals surface area contributed by atoms with Crippen LogP contribution in [-0.4, -0.2) is 123 Å². The summed E-state index contributed by atoms with van der Waals surface area (Å²) in [7, 11) is 0. The van der Waals surface area contributed by atoms with E-state index in [0.717, 1.165) is 56.7 Å². The lowest BCUT2D eigenvalue weighted by Gasteiger charge is -2.42. The smallest absolute Gasteiger partial charge is 0.248 e. The second-order valence-corrected chi connectivity index (χ2v) is 18.0.